The first-order chi connectivity index (χ1) is 8.06. The van der Waals surface area contributed by atoms with Crippen molar-refractivity contribution in [2.45, 2.75) is 37.9 Å². The second kappa shape index (κ2) is 7.00. The number of hydrogen-bond donors (Lipinski definition) is 0. The summed E-state index contributed by atoms with van der Waals surface area (Å²) in [7, 11) is 1.50. The van der Waals surface area contributed by atoms with Crippen LogP contribution in [0.4, 0.5) is 4.39 Å². The van der Waals surface area contributed by atoms with Crippen LogP contribution in [-0.2, 0) is 6.42 Å². The van der Waals surface area contributed by atoms with Crippen molar-refractivity contribution >= 4 is 15.9 Å². The number of ether oxygens (including phenoxy) is 1. The molecule has 0 amide bonds. The van der Waals surface area contributed by atoms with Crippen LogP contribution in [0.5, 0.6) is 5.75 Å². The summed E-state index contributed by atoms with van der Waals surface area (Å²) in [6.07, 6.45) is 2.81. The van der Waals surface area contributed by atoms with E-state index in [4.69, 9.17) is 4.74 Å². The molecule has 1 unspecified atom stereocenters. The Morgan fingerprint density at radius 2 is 2.06 bits per heavy atom. The van der Waals surface area contributed by atoms with Gasteiger partial charge in [-0.15, -0.1) is 0 Å². The molecule has 0 aromatic heterocycles. The van der Waals surface area contributed by atoms with E-state index in [1.54, 1.807) is 6.07 Å². The van der Waals surface area contributed by atoms with Gasteiger partial charge in [0.05, 0.1) is 7.11 Å². The van der Waals surface area contributed by atoms with Gasteiger partial charge in [-0.3, -0.25) is 0 Å². The van der Waals surface area contributed by atoms with Crippen LogP contribution in [-0.4, -0.2) is 11.9 Å². The molecule has 1 nitrogen and oxygen atoms in total. The number of halogens is 2. The van der Waals surface area contributed by atoms with Crippen molar-refractivity contribution in [1.82, 2.24) is 0 Å². The molecule has 1 aromatic rings. The molecule has 96 valence electrons. The molecule has 0 radical (unpaired) electrons. The molecule has 0 aliphatic carbocycles. The Kier molecular flexibility index (Phi) is 5.96. The summed E-state index contributed by atoms with van der Waals surface area (Å²) in [6.45, 7) is 4.37. The summed E-state index contributed by atoms with van der Waals surface area (Å²) in [5.74, 6) is 0.734. The zero-order valence-corrected chi connectivity index (χ0v) is 12.3. The molecular formula is C14H20BrFO. The summed E-state index contributed by atoms with van der Waals surface area (Å²) in [6, 6.07) is 5.32. The summed E-state index contributed by atoms with van der Waals surface area (Å²) in [5.41, 5.74) is 0.743. The predicted octanol–water partition coefficient (Wildman–Crippen LogP) is 4.58. The van der Waals surface area contributed by atoms with Crippen molar-refractivity contribution in [3.05, 3.63) is 29.6 Å². The SMILES string of the molecule is COc1cccc(CCCC(Br)C(C)C)c1F. The lowest BCUT2D eigenvalue weighted by molar-refractivity contribution is 0.383. The van der Waals surface area contributed by atoms with Crippen molar-refractivity contribution in [3.8, 4) is 5.75 Å². The van der Waals surface area contributed by atoms with E-state index in [0.29, 0.717) is 16.5 Å². The van der Waals surface area contributed by atoms with Gasteiger partial charge in [0, 0.05) is 4.83 Å². The Morgan fingerprint density at radius 3 is 2.65 bits per heavy atom. The first-order valence-corrected chi connectivity index (χ1v) is 6.93. The number of methoxy groups -OCH3 is 1. The van der Waals surface area contributed by atoms with E-state index in [0.717, 1.165) is 24.8 Å². The third-order valence-corrected chi connectivity index (χ3v) is 4.43. The predicted molar refractivity (Wildman–Crippen MR) is 73.4 cm³/mol. The van der Waals surface area contributed by atoms with Crippen LogP contribution in [0.25, 0.3) is 0 Å². The number of aryl methyl sites for hydroxylation is 1. The number of rotatable bonds is 6. The smallest absolute Gasteiger partial charge is 0.168 e. The van der Waals surface area contributed by atoms with E-state index < -0.39 is 0 Å². The molecule has 0 bridgehead atoms. The second-order valence-corrected chi connectivity index (χ2v) is 5.76. The fourth-order valence-corrected chi connectivity index (χ4v) is 2.05. The Balaban J connectivity index is 2.52. The first-order valence-electron chi connectivity index (χ1n) is 6.01. The number of alkyl halides is 1. The molecule has 3 heteroatoms. The van der Waals surface area contributed by atoms with Crippen molar-refractivity contribution in [2.75, 3.05) is 7.11 Å². The zero-order chi connectivity index (χ0) is 12.8. The third kappa shape index (κ3) is 4.30. The van der Waals surface area contributed by atoms with Crippen LogP contribution in [0.1, 0.15) is 32.3 Å². The van der Waals surface area contributed by atoms with Crippen LogP contribution < -0.4 is 4.74 Å². The van der Waals surface area contributed by atoms with Crippen LogP contribution in [0, 0.1) is 11.7 Å². The molecule has 0 saturated heterocycles. The molecule has 0 fully saturated rings. The zero-order valence-electron chi connectivity index (χ0n) is 10.7. The van der Waals surface area contributed by atoms with Crippen molar-refractivity contribution in [1.29, 1.82) is 0 Å². The average molecular weight is 303 g/mol. The number of hydrogen-bond acceptors (Lipinski definition) is 1. The molecule has 17 heavy (non-hydrogen) atoms. The first kappa shape index (κ1) is 14.5. The largest absolute Gasteiger partial charge is 0.494 e. The fraction of sp³-hybridized carbons (Fsp3) is 0.571. The maximum absolute atomic E-state index is 13.8. The second-order valence-electron chi connectivity index (χ2n) is 4.59. The van der Waals surface area contributed by atoms with Crippen LogP contribution in [0.15, 0.2) is 18.2 Å². The van der Waals surface area contributed by atoms with E-state index in [1.807, 2.05) is 12.1 Å². The molecule has 1 atom stereocenters. The Bertz CT molecular complexity index is 352. The molecule has 0 N–H and O–H groups in total. The minimum Gasteiger partial charge on any atom is -0.494 e. The highest BCUT2D eigenvalue weighted by atomic mass is 79.9. The fourth-order valence-electron chi connectivity index (χ4n) is 1.73. The van der Waals surface area contributed by atoms with Gasteiger partial charge in [-0.2, -0.15) is 0 Å². The van der Waals surface area contributed by atoms with Gasteiger partial charge in [-0.25, -0.2) is 4.39 Å². The monoisotopic (exact) mass is 302 g/mol. The normalized spacial score (nSPS) is 12.8. The molecule has 0 spiro atoms. The molecular weight excluding hydrogens is 283 g/mol. The van der Waals surface area contributed by atoms with E-state index in [-0.39, 0.29) is 5.82 Å². The van der Waals surface area contributed by atoms with Gasteiger partial charge in [0.2, 0.25) is 0 Å². The quantitative estimate of drug-likeness (QED) is 0.699. The van der Waals surface area contributed by atoms with E-state index >= 15 is 0 Å². The van der Waals surface area contributed by atoms with Crippen molar-refractivity contribution in [3.63, 3.8) is 0 Å². The summed E-state index contributed by atoms with van der Waals surface area (Å²) >= 11 is 3.64. The minimum atomic E-state index is -0.217. The lowest BCUT2D eigenvalue weighted by Gasteiger charge is -2.13. The molecule has 1 aromatic carbocycles. The van der Waals surface area contributed by atoms with Crippen LogP contribution >= 0.6 is 15.9 Å². The number of benzene rings is 1. The highest BCUT2D eigenvalue weighted by Gasteiger charge is 2.11. The Hall–Kier alpha value is -0.570. The maximum atomic E-state index is 13.8. The van der Waals surface area contributed by atoms with Gasteiger partial charge >= 0.3 is 0 Å². The van der Waals surface area contributed by atoms with Gasteiger partial charge in [0.1, 0.15) is 0 Å². The maximum Gasteiger partial charge on any atom is 0.168 e. The van der Waals surface area contributed by atoms with E-state index in [2.05, 4.69) is 29.8 Å². The van der Waals surface area contributed by atoms with Gasteiger partial charge in [-0.1, -0.05) is 41.9 Å². The standard InChI is InChI=1S/C14H20BrFO/c1-10(2)12(15)8-4-6-11-7-5-9-13(17-3)14(11)16/h5,7,9-10,12H,4,6,8H2,1-3H3. The summed E-state index contributed by atoms with van der Waals surface area (Å²) in [4.78, 5) is 0.510. The highest BCUT2D eigenvalue weighted by Crippen LogP contribution is 2.23. The van der Waals surface area contributed by atoms with Gasteiger partial charge < -0.3 is 4.74 Å². The minimum absolute atomic E-state index is 0.217. The highest BCUT2D eigenvalue weighted by molar-refractivity contribution is 9.09. The molecule has 0 heterocycles. The molecule has 0 aliphatic heterocycles. The summed E-state index contributed by atoms with van der Waals surface area (Å²) in [5, 5.41) is 0. The summed E-state index contributed by atoms with van der Waals surface area (Å²) < 4.78 is 18.8. The molecule has 0 saturated carbocycles. The Labute approximate surface area is 111 Å². The van der Waals surface area contributed by atoms with Crippen LogP contribution in [0.2, 0.25) is 0 Å². The third-order valence-electron chi connectivity index (χ3n) is 2.91. The van der Waals surface area contributed by atoms with Gasteiger partial charge in [-0.05, 0) is 36.8 Å². The Morgan fingerprint density at radius 1 is 1.35 bits per heavy atom. The van der Waals surface area contributed by atoms with Crippen LogP contribution in [0.3, 0.4) is 0 Å². The van der Waals surface area contributed by atoms with Crippen molar-refractivity contribution in [2.24, 2.45) is 5.92 Å². The molecule has 1 rings (SSSR count). The molecule has 0 aliphatic rings. The lowest BCUT2D eigenvalue weighted by Crippen LogP contribution is -2.07. The topological polar surface area (TPSA) is 9.23 Å². The lowest BCUT2D eigenvalue weighted by atomic mass is 10.0. The average Bonchev–Trinajstić information content (AvgIpc) is 2.31. The van der Waals surface area contributed by atoms with E-state index in [9.17, 15) is 4.39 Å². The van der Waals surface area contributed by atoms with Crippen molar-refractivity contribution < 1.29 is 9.13 Å². The van der Waals surface area contributed by atoms with E-state index in [1.165, 1.54) is 7.11 Å². The van der Waals surface area contributed by atoms with Gasteiger partial charge in [0.15, 0.2) is 11.6 Å². The van der Waals surface area contributed by atoms with Gasteiger partial charge in [0.25, 0.3) is 0 Å².